The van der Waals surface area contributed by atoms with Crippen LogP contribution in [0.2, 0.25) is 0 Å². The van der Waals surface area contributed by atoms with E-state index < -0.39 is 0 Å². The molecule has 0 unspecified atom stereocenters. The van der Waals surface area contributed by atoms with Crippen molar-refractivity contribution >= 4 is 66.5 Å². The number of furan rings is 1. The summed E-state index contributed by atoms with van der Waals surface area (Å²) in [5.74, 6) is 0.845. The smallest absolute Gasteiger partial charge is 0.159 e. The predicted molar refractivity (Wildman–Crippen MR) is 182 cm³/mol. The molecule has 0 aliphatic carbocycles. The number of pyridine rings is 1. The number of anilines is 4. The molecule has 8 aromatic rings. The zero-order valence-electron chi connectivity index (χ0n) is 24.7. The summed E-state index contributed by atoms with van der Waals surface area (Å²) in [5.41, 5.74) is 7.26. The molecule has 0 saturated carbocycles. The largest absolute Gasteiger partial charge is 0.510 e. The van der Waals surface area contributed by atoms with Crippen molar-refractivity contribution < 1.29 is 25.5 Å². The molecule has 0 fully saturated rings. The number of hydrogen-bond donors (Lipinski definition) is 0. The fourth-order valence-electron chi connectivity index (χ4n) is 6.35. The summed E-state index contributed by atoms with van der Waals surface area (Å²) in [4.78, 5) is 11.0. The van der Waals surface area contributed by atoms with Crippen molar-refractivity contribution in [2.45, 2.75) is 0 Å². The van der Waals surface area contributed by atoms with E-state index in [4.69, 9.17) is 9.40 Å². The van der Waals surface area contributed by atoms with E-state index in [9.17, 15) is 0 Å². The molecule has 0 radical (unpaired) electrons. The number of aromatic nitrogens is 2. The average Bonchev–Trinajstić information content (AvgIpc) is 3.79. The number of hydrogen-bond acceptors (Lipinski definition) is 5. The van der Waals surface area contributed by atoms with Crippen LogP contribution in [-0.4, -0.2) is 21.5 Å². The molecule has 0 spiro atoms. The summed E-state index contributed by atoms with van der Waals surface area (Å²) >= 11 is 0. The topological polar surface area (TPSA) is 40.7 Å². The van der Waals surface area contributed by atoms with Gasteiger partial charge < -0.3 is 23.7 Å². The van der Waals surface area contributed by atoms with Gasteiger partial charge in [-0.25, -0.2) is 4.98 Å². The van der Waals surface area contributed by atoms with Crippen LogP contribution in [0.5, 0.6) is 0 Å². The molecule has 0 amide bonds. The summed E-state index contributed by atoms with van der Waals surface area (Å²) in [6, 6.07) is 47.0. The van der Waals surface area contributed by atoms with Crippen LogP contribution in [0.1, 0.15) is 0 Å². The molecule has 1 aliphatic heterocycles. The van der Waals surface area contributed by atoms with E-state index in [-0.39, 0.29) is 21.1 Å². The Hall–Kier alpha value is -5.32. The van der Waals surface area contributed by atoms with Gasteiger partial charge in [-0.1, -0.05) is 71.5 Å². The van der Waals surface area contributed by atoms with Gasteiger partial charge in [0, 0.05) is 43.6 Å². The molecule has 0 bridgehead atoms. The second-order valence-electron chi connectivity index (χ2n) is 11.1. The Balaban J connectivity index is 0.00000312. The van der Waals surface area contributed by atoms with Gasteiger partial charge in [0.15, 0.2) is 5.58 Å². The Morgan fingerprint density at radius 3 is 2.33 bits per heavy atom. The van der Waals surface area contributed by atoms with Gasteiger partial charge in [-0.2, -0.15) is 18.8 Å². The zero-order valence-corrected chi connectivity index (χ0v) is 27.0. The molecule has 46 heavy (non-hydrogen) atoms. The van der Waals surface area contributed by atoms with E-state index in [1.165, 1.54) is 0 Å². The third-order valence-electron chi connectivity index (χ3n) is 8.36. The first kappa shape index (κ1) is 28.2. The van der Waals surface area contributed by atoms with Crippen molar-refractivity contribution in [2.75, 3.05) is 16.8 Å². The van der Waals surface area contributed by atoms with Crippen LogP contribution >= 0.6 is 0 Å². The number of para-hydroxylation sites is 3. The van der Waals surface area contributed by atoms with E-state index in [1.807, 2.05) is 73.6 Å². The van der Waals surface area contributed by atoms with Crippen LogP contribution in [0.15, 0.2) is 138 Å². The molecular formula is C39H26N5OPt-3. The van der Waals surface area contributed by atoms with Gasteiger partial charge in [-0.3, -0.25) is 0 Å². The van der Waals surface area contributed by atoms with Crippen LogP contribution in [0.4, 0.5) is 22.7 Å². The van der Waals surface area contributed by atoms with Gasteiger partial charge in [0.1, 0.15) is 11.4 Å². The summed E-state index contributed by atoms with van der Waals surface area (Å²) < 4.78 is 8.75. The van der Waals surface area contributed by atoms with Crippen LogP contribution in [-0.2, 0) is 21.1 Å². The Morgan fingerprint density at radius 2 is 1.48 bits per heavy atom. The van der Waals surface area contributed by atoms with Crippen molar-refractivity contribution in [2.24, 2.45) is 0 Å². The molecule has 1 aliphatic rings. The van der Waals surface area contributed by atoms with Crippen LogP contribution < -0.4 is 9.80 Å². The zero-order chi connectivity index (χ0) is 29.9. The van der Waals surface area contributed by atoms with Crippen LogP contribution in [0.3, 0.4) is 0 Å². The maximum absolute atomic E-state index is 6.56. The van der Waals surface area contributed by atoms with Gasteiger partial charge >= 0.3 is 0 Å². The minimum absolute atomic E-state index is 0. The monoisotopic (exact) mass is 775 g/mol. The van der Waals surface area contributed by atoms with Gasteiger partial charge in [0.05, 0.1) is 5.69 Å². The van der Waals surface area contributed by atoms with Crippen molar-refractivity contribution in [3.63, 3.8) is 0 Å². The normalized spacial score (nSPS) is 12.9. The van der Waals surface area contributed by atoms with Gasteiger partial charge in [0.25, 0.3) is 0 Å². The number of benzene rings is 5. The van der Waals surface area contributed by atoms with Crippen LogP contribution in [0.25, 0.3) is 49.6 Å². The minimum Gasteiger partial charge on any atom is -0.510 e. The third kappa shape index (κ3) is 4.48. The SMILES string of the molecule is CN1C=CN(c2[c-]c(N(c3[c-]c4c(cc3)c3ccccc3n4-c3ccccn3)c3cccc4c3oc3ccccc34)ccc2)[CH-]1.[Pt]. The number of rotatable bonds is 5. The third-order valence-corrected chi connectivity index (χ3v) is 8.36. The molecule has 6 nitrogen and oxygen atoms in total. The van der Waals surface area contributed by atoms with Gasteiger partial charge in [-0.05, 0) is 55.2 Å². The van der Waals surface area contributed by atoms with E-state index in [2.05, 4.69) is 105 Å². The first-order chi connectivity index (χ1) is 22.2. The Kier molecular flexibility index (Phi) is 6.88. The minimum atomic E-state index is 0. The van der Waals surface area contributed by atoms with Crippen molar-refractivity contribution in [1.82, 2.24) is 14.5 Å². The summed E-state index contributed by atoms with van der Waals surface area (Å²) in [7, 11) is 2.01. The maximum Gasteiger partial charge on any atom is 0.159 e. The van der Waals surface area contributed by atoms with Crippen molar-refractivity contribution in [3.8, 4) is 5.82 Å². The maximum atomic E-state index is 6.56. The Labute approximate surface area is 280 Å². The number of nitrogens with zero attached hydrogens (tertiary/aromatic N) is 5. The quantitative estimate of drug-likeness (QED) is 0.163. The molecule has 4 heterocycles. The fraction of sp³-hybridized carbons (Fsp3) is 0.0256. The Morgan fingerprint density at radius 1 is 0.696 bits per heavy atom. The Bertz CT molecular complexity index is 2410. The van der Waals surface area contributed by atoms with Gasteiger partial charge in [-0.15, -0.1) is 41.4 Å². The number of fused-ring (bicyclic) bond motifs is 6. The molecular weight excluding hydrogens is 750 g/mol. The molecule has 226 valence electrons. The molecule has 5 aromatic carbocycles. The molecule has 0 atom stereocenters. The van der Waals surface area contributed by atoms with Gasteiger partial charge in [0.2, 0.25) is 0 Å². The molecule has 9 rings (SSSR count). The summed E-state index contributed by atoms with van der Waals surface area (Å²) in [6.07, 6.45) is 5.88. The van der Waals surface area contributed by atoms with E-state index in [0.29, 0.717) is 0 Å². The average molecular weight is 776 g/mol. The molecule has 3 aromatic heterocycles. The van der Waals surface area contributed by atoms with Crippen molar-refractivity contribution in [1.29, 1.82) is 0 Å². The second-order valence-corrected chi connectivity index (χ2v) is 11.1. The van der Waals surface area contributed by atoms with E-state index in [0.717, 1.165) is 72.3 Å². The first-order valence-corrected chi connectivity index (χ1v) is 14.9. The van der Waals surface area contributed by atoms with Crippen molar-refractivity contribution in [3.05, 3.63) is 153 Å². The van der Waals surface area contributed by atoms with E-state index >= 15 is 0 Å². The second kappa shape index (κ2) is 11.2. The molecule has 0 N–H and O–H groups in total. The van der Waals surface area contributed by atoms with E-state index in [1.54, 1.807) is 0 Å². The molecule has 0 saturated heterocycles. The fourth-order valence-corrected chi connectivity index (χ4v) is 6.35. The molecule has 7 heteroatoms. The van der Waals surface area contributed by atoms with Crippen LogP contribution in [0, 0.1) is 18.8 Å². The first-order valence-electron chi connectivity index (χ1n) is 14.9. The summed E-state index contributed by atoms with van der Waals surface area (Å²) in [5, 5.41) is 4.41. The predicted octanol–water partition coefficient (Wildman–Crippen LogP) is 9.49. The summed E-state index contributed by atoms with van der Waals surface area (Å²) in [6.45, 7) is 2.03. The standard InChI is InChI=1S/C39H26N5O.Pt/c1-41-22-23-42(26-41)27-10-8-11-28(24-27)43(35-16-9-14-33-32-13-3-5-17-37(32)45-39(33)35)29-19-20-31-30-12-2-4-15-34(30)44(36(31)25-29)38-18-6-7-21-40-38;/h2-23,26H,1H3;/q-3;.